The molecule has 5 rings (SSSR count). The predicted octanol–water partition coefficient (Wildman–Crippen LogP) is 2.06. The average Bonchev–Trinajstić information content (AvgIpc) is 3.09. The number of hydrogen-bond donors (Lipinski definition) is 3. The van der Waals surface area contributed by atoms with Gasteiger partial charge >= 0.3 is 0 Å². The molecule has 3 heterocycles. The van der Waals surface area contributed by atoms with Gasteiger partial charge in [-0.15, -0.1) is 12.4 Å². The molecule has 3 aliphatic heterocycles. The second-order valence-corrected chi connectivity index (χ2v) is 9.07. The molecule has 4 unspecified atom stereocenters. The van der Waals surface area contributed by atoms with Gasteiger partial charge in [0.2, 0.25) is 0 Å². The Kier molecular flexibility index (Phi) is 7.52. The van der Waals surface area contributed by atoms with Crippen molar-refractivity contribution in [2.45, 2.75) is 50.0 Å². The Labute approximate surface area is 204 Å². The zero-order chi connectivity index (χ0) is 22.9. The summed E-state index contributed by atoms with van der Waals surface area (Å²) in [6.45, 7) is 1.67. The quantitative estimate of drug-likeness (QED) is 0.598. The van der Waals surface area contributed by atoms with Crippen LogP contribution in [0.2, 0.25) is 0 Å². The Morgan fingerprint density at radius 2 is 1.85 bits per heavy atom. The number of aliphatic hydroxyl groups excluding tert-OH is 1. The number of halogens is 2. The SMILES string of the molecule is Cl.O=C(NCC(O)C1Cc2ccccc2CN1)c1ccc(C(=O)N2C3CCC2COC3)cc1F. The Hall–Kier alpha value is -2.52. The zero-order valence-electron chi connectivity index (χ0n) is 18.7. The number of carbonyl (C=O) groups excluding carboxylic acids is 2. The van der Waals surface area contributed by atoms with Gasteiger partial charge in [0.05, 0.1) is 37.0 Å². The molecule has 4 atom stereocenters. The van der Waals surface area contributed by atoms with Crippen LogP contribution in [0.5, 0.6) is 0 Å². The summed E-state index contributed by atoms with van der Waals surface area (Å²) >= 11 is 0. The van der Waals surface area contributed by atoms with Crippen LogP contribution >= 0.6 is 12.4 Å². The molecule has 2 saturated heterocycles. The van der Waals surface area contributed by atoms with Crippen molar-refractivity contribution in [1.29, 1.82) is 0 Å². The van der Waals surface area contributed by atoms with Gasteiger partial charge in [-0.25, -0.2) is 4.39 Å². The van der Waals surface area contributed by atoms with Crippen LogP contribution in [0.3, 0.4) is 0 Å². The van der Waals surface area contributed by atoms with Gasteiger partial charge < -0.3 is 25.4 Å². The van der Waals surface area contributed by atoms with E-state index in [-0.39, 0.29) is 54.1 Å². The lowest BCUT2D eigenvalue weighted by Gasteiger charge is -2.34. The maximum absolute atomic E-state index is 14.8. The van der Waals surface area contributed by atoms with E-state index >= 15 is 0 Å². The van der Waals surface area contributed by atoms with Crippen LogP contribution in [-0.4, -0.2) is 65.8 Å². The molecule has 2 aromatic carbocycles. The van der Waals surface area contributed by atoms with Gasteiger partial charge in [-0.2, -0.15) is 0 Å². The van der Waals surface area contributed by atoms with Crippen LogP contribution in [0, 0.1) is 5.82 Å². The molecule has 2 aromatic rings. The number of benzene rings is 2. The number of ether oxygens (including phenoxy) is 1. The minimum atomic E-state index is -0.817. The normalized spacial score (nSPS) is 24.1. The van der Waals surface area contributed by atoms with Crippen LogP contribution < -0.4 is 10.6 Å². The first-order valence-electron chi connectivity index (χ1n) is 11.5. The first-order valence-corrected chi connectivity index (χ1v) is 11.5. The summed E-state index contributed by atoms with van der Waals surface area (Å²) in [5.74, 6) is -1.60. The number of nitrogens with one attached hydrogen (secondary N) is 2. The van der Waals surface area contributed by atoms with Crippen molar-refractivity contribution >= 4 is 24.2 Å². The Bertz CT molecular complexity index is 1050. The summed E-state index contributed by atoms with van der Waals surface area (Å²) in [6, 6.07) is 11.9. The van der Waals surface area contributed by atoms with Crippen LogP contribution in [0.1, 0.15) is 44.7 Å². The molecule has 0 aromatic heterocycles. The number of nitrogens with zero attached hydrogens (tertiary/aromatic N) is 1. The smallest absolute Gasteiger partial charge is 0.254 e. The number of amides is 2. The van der Waals surface area contributed by atoms with Gasteiger partial charge in [-0.3, -0.25) is 9.59 Å². The van der Waals surface area contributed by atoms with Crippen molar-refractivity contribution in [2.24, 2.45) is 0 Å². The monoisotopic (exact) mass is 489 g/mol. The molecule has 34 heavy (non-hydrogen) atoms. The van der Waals surface area contributed by atoms with Gasteiger partial charge in [0, 0.05) is 24.7 Å². The summed E-state index contributed by atoms with van der Waals surface area (Å²) in [7, 11) is 0. The average molecular weight is 490 g/mol. The van der Waals surface area contributed by atoms with Crippen molar-refractivity contribution in [3.63, 3.8) is 0 Å². The molecule has 0 aliphatic carbocycles. The first-order chi connectivity index (χ1) is 16.0. The molecule has 7 nitrogen and oxygen atoms in total. The molecule has 0 spiro atoms. The Morgan fingerprint density at radius 3 is 2.56 bits per heavy atom. The van der Waals surface area contributed by atoms with Crippen molar-refractivity contribution in [3.8, 4) is 0 Å². The predicted molar refractivity (Wildman–Crippen MR) is 127 cm³/mol. The highest BCUT2D eigenvalue weighted by Gasteiger charge is 2.40. The second-order valence-electron chi connectivity index (χ2n) is 9.07. The summed E-state index contributed by atoms with van der Waals surface area (Å²) < 4.78 is 20.3. The molecule has 182 valence electrons. The lowest BCUT2D eigenvalue weighted by molar-refractivity contribution is -0.00718. The highest BCUT2D eigenvalue weighted by atomic mass is 35.5. The third-order valence-electron chi connectivity index (χ3n) is 6.98. The van der Waals surface area contributed by atoms with Gasteiger partial charge in [0.1, 0.15) is 5.82 Å². The number of morpholine rings is 1. The van der Waals surface area contributed by atoms with Crippen molar-refractivity contribution in [2.75, 3.05) is 19.8 Å². The third kappa shape index (κ3) is 4.81. The molecule has 3 aliphatic rings. The number of fused-ring (bicyclic) bond motifs is 3. The third-order valence-corrected chi connectivity index (χ3v) is 6.98. The summed E-state index contributed by atoms with van der Waals surface area (Å²) in [5, 5.41) is 16.5. The first kappa shape index (κ1) is 24.6. The zero-order valence-corrected chi connectivity index (χ0v) is 19.5. The fourth-order valence-corrected chi connectivity index (χ4v) is 5.13. The van der Waals surface area contributed by atoms with E-state index in [4.69, 9.17) is 4.74 Å². The summed E-state index contributed by atoms with van der Waals surface area (Å²) in [5.41, 5.74) is 2.46. The highest BCUT2D eigenvalue weighted by molar-refractivity contribution is 5.98. The van der Waals surface area contributed by atoms with Crippen molar-refractivity contribution in [3.05, 3.63) is 70.5 Å². The molecule has 9 heteroatoms. The summed E-state index contributed by atoms with van der Waals surface area (Å²) in [4.78, 5) is 27.3. The van der Waals surface area contributed by atoms with E-state index in [0.29, 0.717) is 26.2 Å². The van der Waals surface area contributed by atoms with Crippen molar-refractivity contribution < 1.29 is 23.8 Å². The van der Waals surface area contributed by atoms with Crippen LogP contribution in [0.4, 0.5) is 4.39 Å². The second kappa shape index (κ2) is 10.4. The Morgan fingerprint density at radius 1 is 1.15 bits per heavy atom. The van der Waals surface area contributed by atoms with E-state index in [0.717, 1.165) is 18.9 Å². The van der Waals surface area contributed by atoms with Gasteiger partial charge in [-0.05, 0) is 48.6 Å². The number of hydrogen-bond acceptors (Lipinski definition) is 5. The minimum Gasteiger partial charge on any atom is -0.390 e. The largest absolute Gasteiger partial charge is 0.390 e. The molecular formula is C25H29ClFN3O4. The number of carbonyl (C=O) groups is 2. The Balaban J connectivity index is 0.00000274. The number of rotatable bonds is 5. The lowest BCUT2D eigenvalue weighted by Crippen LogP contribution is -2.49. The molecular weight excluding hydrogens is 461 g/mol. The van der Waals surface area contributed by atoms with Gasteiger partial charge in [0.15, 0.2) is 0 Å². The minimum absolute atomic E-state index is 0. The van der Waals surface area contributed by atoms with E-state index in [1.807, 2.05) is 24.3 Å². The van der Waals surface area contributed by atoms with E-state index in [1.54, 1.807) is 4.90 Å². The maximum atomic E-state index is 14.8. The maximum Gasteiger partial charge on any atom is 0.254 e. The molecule has 3 N–H and O–H groups in total. The number of aliphatic hydroxyl groups is 1. The van der Waals surface area contributed by atoms with Crippen LogP contribution in [-0.2, 0) is 17.7 Å². The molecule has 2 amide bonds. The van der Waals surface area contributed by atoms with Gasteiger partial charge in [-0.1, -0.05) is 24.3 Å². The molecule has 0 saturated carbocycles. The standard InChI is InChI=1S/C25H28FN3O4.ClH/c26-21-9-16(25(32)29-18-6-7-19(29)14-33-13-18)5-8-20(21)24(31)28-12-23(30)22-10-15-3-1-2-4-17(15)11-27-22;/h1-5,8-9,18-19,22-23,27,30H,6-7,10-14H2,(H,28,31);1H. The summed E-state index contributed by atoms with van der Waals surface area (Å²) in [6.07, 6.45) is 1.62. The fourth-order valence-electron chi connectivity index (χ4n) is 5.13. The lowest BCUT2D eigenvalue weighted by atomic mass is 9.93. The van der Waals surface area contributed by atoms with Crippen LogP contribution in [0.15, 0.2) is 42.5 Å². The van der Waals surface area contributed by atoms with Crippen LogP contribution in [0.25, 0.3) is 0 Å². The van der Waals surface area contributed by atoms with E-state index < -0.39 is 17.8 Å². The molecule has 2 bridgehead atoms. The van der Waals surface area contributed by atoms with Crippen molar-refractivity contribution in [1.82, 2.24) is 15.5 Å². The van der Waals surface area contributed by atoms with E-state index in [1.165, 1.54) is 23.3 Å². The fraction of sp³-hybridized carbons (Fsp3) is 0.440. The molecule has 0 radical (unpaired) electrons. The molecule has 2 fully saturated rings. The topological polar surface area (TPSA) is 90.9 Å². The highest BCUT2D eigenvalue weighted by Crippen LogP contribution is 2.30. The van der Waals surface area contributed by atoms with E-state index in [9.17, 15) is 19.1 Å². The van der Waals surface area contributed by atoms with E-state index in [2.05, 4.69) is 10.6 Å². The van der Waals surface area contributed by atoms with Gasteiger partial charge in [0.25, 0.3) is 11.8 Å².